The molecule has 1 saturated heterocycles. The monoisotopic (exact) mass is 445 g/mol. The van der Waals surface area contributed by atoms with Crippen molar-refractivity contribution in [3.05, 3.63) is 52.1 Å². The first-order chi connectivity index (χ1) is 14.1. The van der Waals surface area contributed by atoms with E-state index >= 15 is 0 Å². The lowest BCUT2D eigenvalue weighted by molar-refractivity contribution is -0.118. The molecule has 1 unspecified atom stereocenters. The number of carbonyl (C=O) groups is 1. The van der Waals surface area contributed by atoms with Crippen molar-refractivity contribution in [2.45, 2.75) is 19.5 Å². The summed E-state index contributed by atoms with van der Waals surface area (Å²) < 4.78 is 2.21. The number of nitrogens with one attached hydrogen (secondary N) is 2. The quantitative estimate of drug-likeness (QED) is 0.550. The van der Waals surface area contributed by atoms with E-state index in [1.165, 1.54) is 17.1 Å². The van der Waals surface area contributed by atoms with Gasteiger partial charge in [-0.15, -0.1) is 11.3 Å². The van der Waals surface area contributed by atoms with Crippen molar-refractivity contribution in [3.8, 4) is 10.7 Å². The maximum absolute atomic E-state index is 13.0. The van der Waals surface area contributed by atoms with Gasteiger partial charge in [0.2, 0.25) is 5.91 Å². The first-order valence-electron chi connectivity index (χ1n) is 9.52. The van der Waals surface area contributed by atoms with Gasteiger partial charge in [0, 0.05) is 36.8 Å². The third kappa shape index (κ3) is 4.80. The standard InChI is InChI=1S/C20H23N5OS3/c1-14(25-18(22-23-20(25)27)17-6-3-9-29-17)19(26)21-16-5-2-4-15(12-16)13-24-7-10-28-11-8-24/h2-6,9,12,14H,7-8,10-11,13H2,1H3,(H,21,26)(H,23,27). The van der Waals surface area contributed by atoms with Crippen LogP contribution in [-0.4, -0.2) is 50.2 Å². The molecule has 1 aromatic carbocycles. The summed E-state index contributed by atoms with van der Waals surface area (Å²) in [5, 5.41) is 12.2. The summed E-state index contributed by atoms with van der Waals surface area (Å²) in [6, 6.07) is 11.5. The Morgan fingerprint density at radius 3 is 2.90 bits per heavy atom. The summed E-state index contributed by atoms with van der Waals surface area (Å²) in [5.74, 6) is 2.94. The molecule has 6 nitrogen and oxygen atoms in total. The van der Waals surface area contributed by atoms with Crippen LogP contribution >= 0.6 is 35.3 Å². The van der Waals surface area contributed by atoms with E-state index in [1.807, 2.05) is 48.3 Å². The highest BCUT2D eigenvalue weighted by Crippen LogP contribution is 2.26. The number of hydrogen-bond acceptors (Lipinski definition) is 6. The summed E-state index contributed by atoms with van der Waals surface area (Å²) in [5.41, 5.74) is 2.01. The van der Waals surface area contributed by atoms with Crippen molar-refractivity contribution < 1.29 is 4.79 Å². The minimum absolute atomic E-state index is 0.119. The third-order valence-corrected chi connectivity index (χ3v) is 7.01. The molecule has 2 aromatic heterocycles. The Morgan fingerprint density at radius 2 is 2.14 bits per heavy atom. The topological polar surface area (TPSA) is 66.0 Å². The summed E-state index contributed by atoms with van der Waals surface area (Å²) >= 11 is 8.96. The van der Waals surface area contributed by atoms with Gasteiger partial charge < -0.3 is 5.32 Å². The molecule has 0 saturated carbocycles. The zero-order valence-electron chi connectivity index (χ0n) is 16.1. The van der Waals surface area contributed by atoms with Crippen LogP contribution in [0.25, 0.3) is 10.7 Å². The normalized spacial score (nSPS) is 15.9. The fourth-order valence-corrected chi connectivity index (χ4v) is 5.35. The highest BCUT2D eigenvalue weighted by molar-refractivity contribution is 7.99. The van der Waals surface area contributed by atoms with E-state index in [4.69, 9.17) is 12.2 Å². The predicted octanol–water partition coefficient (Wildman–Crippen LogP) is 4.42. The first kappa shape index (κ1) is 20.3. The van der Waals surface area contributed by atoms with Gasteiger partial charge >= 0.3 is 0 Å². The van der Waals surface area contributed by atoms with Gasteiger partial charge in [0.05, 0.1) is 4.88 Å². The van der Waals surface area contributed by atoms with Crippen LogP contribution in [0.2, 0.25) is 0 Å². The number of amides is 1. The van der Waals surface area contributed by atoms with Crippen LogP contribution in [-0.2, 0) is 11.3 Å². The number of benzene rings is 1. The molecule has 9 heteroatoms. The molecule has 1 aliphatic heterocycles. The molecule has 1 atom stereocenters. The van der Waals surface area contributed by atoms with Gasteiger partial charge in [-0.1, -0.05) is 18.2 Å². The Bertz CT molecular complexity index is 1020. The molecule has 4 rings (SSSR count). The fourth-order valence-electron chi connectivity index (χ4n) is 3.37. The maximum Gasteiger partial charge on any atom is 0.247 e. The van der Waals surface area contributed by atoms with Gasteiger partial charge in [0.15, 0.2) is 10.6 Å². The molecular formula is C20H23N5OS3. The largest absolute Gasteiger partial charge is 0.324 e. The maximum atomic E-state index is 13.0. The number of thiophene rings is 1. The van der Waals surface area contributed by atoms with Gasteiger partial charge in [-0.3, -0.25) is 19.4 Å². The molecular weight excluding hydrogens is 422 g/mol. The minimum Gasteiger partial charge on any atom is -0.324 e. The number of thioether (sulfide) groups is 1. The summed E-state index contributed by atoms with van der Waals surface area (Å²) in [4.78, 5) is 16.4. The highest BCUT2D eigenvalue weighted by atomic mass is 32.2. The van der Waals surface area contributed by atoms with Crippen LogP contribution < -0.4 is 5.32 Å². The zero-order chi connectivity index (χ0) is 20.2. The molecule has 1 amide bonds. The average molecular weight is 446 g/mol. The number of aromatic nitrogens is 3. The third-order valence-electron chi connectivity index (χ3n) is 4.92. The highest BCUT2D eigenvalue weighted by Gasteiger charge is 2.21. The second-order valence-corrected chi connectivity index (χ2v) is 9.51. The summed E-state index contributed by atoms with van der Waals surface area (Å²) in [6.45, 7) is 4.98. The van der Waals surface area contributed by atoms with E-state index < -0.39 is 6.04 Å². The van der Waals surface area contributed by atoms with E-state index in [2.05, 4.69) is 32.5 Å². The number of anilines is 1. The van der Waals surface area contributed by atoms with Crippen molar-refractivity contribution in [3.63, 3.8) is 0 Å². The SMILES string of the molecule is CC(C(=O)Nc1cccc(CN2CCSCC2)c1)n1c(-c2cccs2)n[nH]c1=S. The Labute approximate surface area is 183 Å². The number of carbonyl (C=O) groups excluding carboxylic acids is 1. The Morgan fingerprint density at radius 1 is 1.31 bits per heavy atom. The van der Waals surface area contributed by atoms with Gasteiger partial charge in [-0.2, -0.15) is 16.9 Å². The Balaban J connectivity index is 1.48. The molecule has 1 fully saturated rings. The number of H-pyrrole nitrogens is 1. The molecule has 0 bridgehead atoms. The van der Waals surface area contributed by atoms with E-state index in [-0.39, 0.29) is 5.91 Å². The lowest BCUT2D eigenvalue weighted by Gasteiger charge is -2.26. The van der Waals surface area contributed by atoms with Crippen molar-refractivity contribution in [2.24, 2.45) is 0 Å². The molecule has 0 radical (unpaired) electrons. The molecule has 1 aliphatic rings. The Hall–Kier alpha value is -1.94. The molecule has 3 aromatic rings. The molecule has 29 heavy (non-hydrogen) atoms. The van der Waals surface area contributed by atoms with Gasteiger partial charge in [-0.05, 0) is 48.3 Å². The second-order valence-electron chi connectivity index (χ2n) is 6.95. The Kier molecular flexibility index (Phi) is 6.49. The molecule has 3 heterocycles. The first-order valence-corrected chi connectivity index (χ1v) is 12.0. The van der Waals surface area contributed by atoms with Crippen LogP contribution in [0.15, 0.2) is 41.8 Å². The number of aromatic amines is 1. The van der Waals surface area contributed by atoms with Crippen LogP contribution in [0.1, 0.15) is 18.5 Å². The lowest BCUT2D eigenvalue weighted by Crippen LogP contribution is -2.32. The number of rotatable bonds is 6. The average Bonchev–Trinajstić information content (AvgIpc) is 3.38. The van der Waals surface area contributed by atoms with Crippen molar-refractivity contribution in [1.29, 1.82) is 0 Å². The van der Waals surface area contributed by atoms with E-state index in [9.17, 15) is 4.79 Å². The molecule has 152 valence electrons. The molecule has 0 spiro atoms. The predicted molar refractivity (Wildman–Crippen MR) is 123 cm³/mol. The van der Waals surface area contributed by atoms with Gasteiger partial charge in [0.1, 0.15) is 6.04 Å². The van der Waals surface area contributed by atoms with Crippen molar-refractivity contribution >= 4 is 46.9 Å². The fraction of sp³-hybridized carbons (Fsp3) is 0.350. The van der Waals surface area contributed by atoms with Gasteiger partial charge in [-0.25, -0.2) is 0 Å². The minimum atomic E-state index is -0.485. The van der Waals surface area contributed by atoms with Crippen LogP contribution in [0.5, 0.6) is 0 Å². The summed E-state index contributed by atoms with van der Waals surface area (Å²) in [7, 11) is 0. The lowest BCUT2D eigenvalue weighted by atomic mass is 10.1. The van der Waals surface area contributed by atoms with Crippen LogP contribution in [0, 0.1) is 4.77 Å². The zero-order valence-corrected chi connectivity index (χ0v) is 18.6. The smallest absolute Gasteiger partial charge is 0.247 e. The van der Waals surface area contributed by atoms with E-state index in [1.54, 1.807) is 15.9 Å². The van der Waals surface area contributed by atoms with Crippen molar-refractivity contribution in [2.75, 3.05) is 29.9 Å². The van der Waals surface area contributed by atoms with Crippen LogP contribution in [0.4, 0.5) is 5.69 Å². The molecule has 2 N–H and O–H groups in total. The molecule has 0 aliphatic carbocycles. The van der Waals surface area contributed by atoms with Crippen LogP contribution in [0.3, 0.4) is 0 Å². The summed E-state index contributed by atoms with van der Waals surface area (Å²) in [6.07, 6.45) is 0. The number of hydrogen-bond donors (Lipinski definition) is 2. The van der Waals surface area contributed by atoms with E-state index in [0.29, 0.717) is 10.6 Å². The van der Waals surface area contributed by atoms with Crippen molar-refractivity contribution in [1.82, 2.24) is 19.7 Å². The van der Waals surface area contributed by atoms with E-state index in [0.717, 1.165) is 30.2 Å². The number of nitrogens with zero attached hydrogens (tertiary/aromatic N) is 3. The van der Waals surface area contributed by atoms with Gasteiger partial charge in [0.25, 0.3) is 0 Å². The second kappa shape index (κ2) is 9.25.